The average molecular weight is 203 g/mol. The van der Waals surface area contributed by atoms with Crippen LogP contribution in [0.15, 0.2) is 16.7 Å². The van der Waals surface area contributed by atoms with Crippen LogP contribution in [0.25, 0.3) is 11.0 Å². The molecule has 12 heavy (non-hydrogen) atoms. The smallest absolute Gasteiger partial charge is 0.176 e. The molecule has 3 nitrogen and oxygen atoms in total. The van der Waals surface area contributed by atoms with Gasteiger partial charge in [-0.3, -0.25) is 0 Å². The number of nitrogen functional groups attached to an aromatic ring is 1. The van der Waals surface area contributed by atoms with Gasteiger partial charge in [0.2, 0.25) is 0 Å². The van der Waals surface area contributed by atoms with Crippen LogP contribution in [0, 0.1) is 0 Å². The number of halogens is 2. The largest absolute Gasteiger partial charge is 0.380 e. The van der Waals surface area contributed by atoms with E-state index in [2.05, 4.69) is 5.16 Å². The van der Waals surface area contributed by atoms with Crippen molar-refractivity contribution in [3.8, 4) is 0 Å². The second-order valence-electron chi connectivity index (χ2n) is 2.30. The van der Waals surface area contributed by atoms with Crippen molar-refractivity contribution in [3.63, 3.8) is 0 Å². The van der Waals surface area contributed by atoms with Gasteiger partial charge in [0, 0.05) is 0 Å². The van der Waals surface area contributed by atoms with Crippen LogP contribution >= 0.6 is 23.2 Å². The van der Waals surface area contributed by atoms with Crippen LogP contribution in [-0.4, -0.2) is 5.16 Å². The van der Waals surface area contributed by atoms with Gasteiger partial charge in [0.1, 0.15) is 0 Å². The van der Waals surface area contributed by atoms with Crippen molar-refractivity contribution in [2.24, 2.45) is 0 Å². The number of aromatic nitrogens is 1. The molecule has 1 aromatic heterocycles. The molecular weight excluding hydrogens is 199 g/mol. The highest BCUT2D eigenvalue weighted by Gasteiger charge is 2.11. The summed E-state index contributed by atoms with van der Waals surface area (Å²) < 4.78 is 4.87. The molecule has 0 fully saturated rings. The fourth-order valence-corrected chi connectivity index (χ4v) is 1.40. The van der Waals surface area contributed by atoms with Crippen LogP contribution in [0.5, 0.6) is 0 Å². The van der Waals surface area contributed by atoms with Crippen molar-refractivity contribution in [1.82, 2.24) is 5.16 Å². The van der Waals surface area contributed by atoms with Gasteiger partial charge in [0.25, 0.3) is 0 Å². The second kappa shape index (κ2) is 2.54. The first-order chi connectivity index (χ1) is 5.70. The molecule has 2 N–H and O–H groups in total. The SMILES string of the molecule is Nc1noc2ccc(Cl)c(Cl)c12. The number of anilines is 1. The minimum Gasteiger partial charge on any atom is -0.380 e. The fourth-order valence-electron chi connectivity index (χ4n) is 0.992. The third kappa shape index (κ3) is 0.940. The Labute approximate surface area is 78.0 Å². The van der Waals surface area contributed by atoms with E-state index in [4.69, 9.17) is 33.5 Å². The van der Waals surface area contributed by atoms with Gasteiger partial charge < -0.3 is 10.3 Å². The van der Waals surface area contributed by atoms with Crippen LogP contribution < -0.4 is 5.73 Å². The summed E-state index contributed by atoms with van der Waals surface area (Å²) in [7, 11) is 0. The Morgan fingerprint density at radius 1 is 1.33 bits per heavy atom. The van der Waals surface area contributed by atoms with Gasteiger partial charge in [-0.15, -0.1) is 0 Å². The van der Waals surface area contributed by atoms with Gasteiger partial charge in [-0.1, -0.05) is 28.4 Å². The summed E-state index contributed by atoms with van der Waals surface area (Å²) in [6.45, 7) is 0. The zero-order valence-corrected chi connectivity index (χ0v) is 7.36. The summed E-state index contributed by atoms with van der Waals surface area (Å²) in [5.41, 5.74) is 6.04. The molecule has 1 aromatic carbocycles. The molecule has 0 radical (unpaired) electrons. The van der Waals surface area contributed by atoms with E-state index in [1.165, 1.54) is 0 Å². The number of fused-ring (bicyclic) bond motifs is 1. The Morgan fingerprint density at radius 3 is 2.83 bits per heavy atom. The Morgan fingerprint density at radius 2 is 2.08 bits per heavy atom. The minimum atomic E-state index is 0.262. The monoisotopic (exact) mass is 202 g/mol. The van der Waals surface area contributed by atoms with Crippen LogP contribution in [0.1, 0.15) is 0 Å². The van der Waals surface area contributed by atoms with Crippen molar-refractivity contribution >= 4 is 40.0 Å². The fraction of sp³-hybridized carbons (Fsp3) is 0. The maximum atomic E-state index is 5.86. The Kier molecular flexibility index (Phi) is 1.63. The van der Waals surface area contributed by atoms with E-state index in [0.29, 0.717) is 21.0 Å². The molecule has 0 aliphatic carbocycles. The highest BCUT2D eigenvalue weighted by molar-refractivity contribution is 6.45. The Hall–Kier alpha value is -0.930. The lowest BCUT2D eigenvalue weighted by Gasteiger charge is -1.94. The number of nitrogens with zero attached hydrogens (tertiary/aromatic N) is 1. The first kappa shape index (κ1) is 7.71. The lowest BCUT2D eigenvalue weighted by molar-refractivity contribution is 0.460. The third-order valence-electron chi connectivity index (χ3n) is 1.56. The molecule has 1 heterocycles. The van der Waals surface area contributed by atoms with E-state index in [9.17, 15) is 0 Å². The first-order valence-electron chi connectivity index (χ1n) is 3.19. The summed E-state index contributed by atoms with van der Waals surface area (Å²) in [4.78, 5) is 0. The maximum Gasteiger partial charge on any atom is 0.176 e. The normalized spacial score (nSPS) is 10.8. The quantitative estimate of drug-likeness (QED) is 0.715. The predicted molar refractivity (Wildman–Crippen MR) is 48.4 cm³/mol. The van der Waals surface area contributed by atoms with Gasteiger partial charge >= 0.3 is 0 Å². The second-order valence-corrected chi connectivity index (χ2v) is 3.09. The van der Waals surface area contributed by atoms with E-state index < -0.39 is 0 Å². The van der Waals surface area contributed by atoms with Crippen molar-refractivity contribution in [3.05, 3.63) is 22.2 Å². The van der Waals surface area contributed by atoms with Crippen LogP contribution in [0.2, 0.25) is 10.0 Å². The van der Waals surface area contributed by atoms with E-state index >= 15 is 0 Å². The van der Waals surface area contributed by atoms with Crippen LogP contribution in [0.3, 0.4) is 0 Å². The van der Waals surface area contributed by atoms with Crippen molar-refractivity contribution in [2.45, 2.75) is 0 Å². The molecule has 0 aliphatic rings. The zero-order chi connectivity index (χ0) is 8.72. The number of rotatable bonds is 0. The lowest BCUT2D eigenvalue weighted by atomic mass is 10.2. The number of hydrogen-bond acceptors (Lipinski definition) is 3. The molecule has 0 spiro atoms. The molecule has 0 amide bonds. The van der Waals surface area contributed by atoms with E-state index in [-0.39, 0.29) is 5.82 Å². The van der Waals surface area contributed by atoms with Gasteiger partial charge in [-0.25, -0.2) is 0 Å². The predicted octanol–water partition coefficient (Wildman–Crippen LogP) is 2.72. The topological polar surface area (TPSA) is 52.0 Å². The molecule has 2 rings (SSSR count). The minimum absolute atomic E-state index is 0.262. The number of nitrogens with two attached hydrogens (primary N) is 1. The summed E-state index contributed by atoms with van der Waals surface area (Å²) in [6, 6.07) is 3.31. The molecule has 0 saturated heterocycles. The van der Waals surface area contributed by atoms with E-state index in [1.807, 2.05) is 0 Å². The third-order valence-corrected chi connectivity index (χ3v) is 2.36. The molecule has 62 valence electrons. The van der Waals surface area contributed by atoms with Crippen LogP contribution in [0.4, 0.5) is 5.82 Å². The number of hydrogen-bond donors (Lipinski definition) is 1. The van der Waals surface area contributed by atoms with Gasteiger partial charge in [-0.05, 0) is 12.1 Å². The lowest BCUT2D eigenvalue weighted by Crippen LogP contribution is -1.84. The van der Waals surface area contributed by atoms with Crippen molar-refractivity contribution in [2.75, 3.05) is 5.73 Å². The van der Waals surface area contributed by atoms with Crippen LogP contribution in [-0.2, 0) is 0 Å². The molecule has 0 atom stereocenters. The first-order valence-corrected chi connectivity index (χ1v) is 3.94. The standard InChI is InChI=1S/C7H4Cl2N2O/c8-3-1-2-4-5(6(3)9)7(10)11-12-4/h1-2H,(H2,10,11). The molecule has 0 saturated carbocycles. The Bertz CT molecular complexity index is 438. The number of benzene rings is 1. The van der Waals surface area contributed by atoms with Crippen molar-refractivity contribution in [1.29, 1.82) is 0 Å². The highest BCUT2D eigenvalue weighted by Crippen LogP contribution is 2.33. The summed E-state index contributed by atoms with van der Waals surface area (Å²) in [5, 5.41) is 4.96. The maximum absolute atomic E-state index is 5.86. The van der Waals surface area contributed by atoms with Crippen molar-refractivity contribution < 1.29 is 4.52 Å². The molecule has 0 unspecified atom stereocenters. The summed E-state index contributed by atoms with van der Waals surface area (Å²) in [6.07, 6.45) is 0. The average Bonchev–Trinajstić information content (AvgIpc) is 2.41. The van der Waals surface area contributed by atoms with Gasteiger partial charge in [0.15, 0.2) is 11.4 Å². The molecule has 2 aromatic rings. The van der Waals surface area contributed by atoms with Gasteiger partial charge in [0.05, 0.1) is 15.4 Å². The molecular formula is C7H4Cl2N2O. The highest BCUT2D eigenvalue weighted by atomic mass is 35.5. The summed E-state index contributed by atoms with van der Waals surface area (Å²) in [5.74, 6) is 0.262. The Balaban J connectivity index is 2.96. The van der Waals surface area contributed by atoms with Gasteiger partial charge in [-0.2, -0.15) is 0 Å². The zero-order valence-electron chi connectivity index (χ0n) is 5.84. The summed E-state index contributed by atoms with van der Waals surface area (Å²) >= 11 is 11.6. The van der Waals surface area contributed by atoms with E-state index in [0.717, 1.165) is 0 Å². The molecule has 5 heteroatoms. The molecule has 0 bridgehead atoms. The van der Waals surface area contributed by atoms with E-state index in [1.54, 1.807) is 12.1 Å². The molecule has 0 aliphatic heterocycles.